The molecular formula is C29H27NO7. The van der Waals surface area contributed by atoms with E-state index in [0.29, 0.717) is 41.5 Å². The molecule has 0 aliphatic carbocycles. The van der Waals surface area contributed by atoms with Crippen molar-refractivity contribution >= 4 is 23.1 Å². The number of anilines is 1. The Morgan fingerprint density at radius 1 is 0.973 bits per heavy atom. The molecule has 1 amide bonds. The van der Waals surface area contributed by atoms with E-state index in [9.17, 15) is 19.8 Å². The number of amides is 1. The first kappa shape index (κ1) is 24.2. The maximum Gasteiger partial charge on any atom is 0.300 e. The number of fused-ring (bicyclic) bond motifs is 1. The lowest BCUT2D eigenvalue weighted by molar-refractivity contribution is -0.132. The van der Waals surface area contributed by atoms with Gasteiger partial charge in [-0.3, -0.25) is 14.5 Å². The number of aromatic hydroxyl groups is 1. The average molecular weight is 502 g/mol. The zero-order valence-corrected chi connectivity index (χ0v) is 20.7. The van der Waals surface area contributed by atoms with Crippen LogP contribution in [0.1, 0.15) is 42.5 Å². The number of nitrogens with zero attached hydrogens (tertiary/aromatic N) is 1. The molecule has 1 unspecified atom stereocenters. The number of aliphatic hydroxyl groups excluding tert-OH is 1. The number of hydrogen-bond donors (Lipinski definition) is 2. The Balaban J connectivity index is 1.68. The minimum atomic E-state index is -0.991. The van der Waals surface area contributed by atoms with Gasteiger partial charge in [-0.1, -0.05) is 32.0 Å². The second-order valence-corrected chi connectivity index (χ2v) is 9.21. The molecule has 8 nitrogen and oxygen atoms in total. The lowest BCUT2D eigenvalue weighted by atomic mass is 9.94. The van der Waals surface area contributed by atoms with Gasteiger partial charge >= 0.3 is 0 Å². The standard InChI is InChI=1S/C29H27NO7/c1-16(2)17-4-8-20(9-5-17)30-26(18-6-10-22(35-3)21(31)14-18)25(28(33)29(30)34)27(32)19-7-11-23-24(15-19)37-13-12-36-23/h4-11,14-16,26,31-32H,12-13H2,1-3H3/b27-25-. The first-order chi connectivity index (χ1) is 17.8. The fraction of sp³-hybridized carbons (Fsp3) is 0.241. The molecule has 2 aliphatic heterocycles. The molecule has 3 aromatic carbocycles. The lowest BCUT2D eigenvalue weighted by Crippen LogP contribution is -2.29. The van der Waals surface area contributed by atoms with Gasteiger partial charge < -0.3 is 24.4 Å². The topological polar surface area (TPSA) is 106 Å². The third-order valence-electron chi connectivity index (χ3n) is 6.62. The number of phenolic OH excluding ortho intramolecular Hbond substituents is 1. The smallest absolute Gasteiger partial charge is 0.300 e. The number of aliphatic hydroxyl groups is 1. The molecule has 0 bridgehead atoms. The van der Waals surface area contributed by atoms with Crippen LogP contribution in [0.4, 0.5) is 5.69 Å². The van der Waals surface area contributed by atoms with E-state index >= 15 is 0 Å². The molecule has 2 heterocycles. The number of benzene rings is 3. The van der Waals surface area contributed by atoms with E-state index in [1.807, 2.05) is 12.1 Å². The van der Waals surface area contributed by atoms with Gasteiger partial charge in [-0.05, 0) is 59.5 Å². The highest BCUT2D eigenvalue weighted by Crippen LogP contribution is 2.45. The molecule has 8 heteroatoms. The normalized spacial score (nSPS) is 18.4. The number of carbonyl (C=O) groups is 2. The average Bonchev–Trinajstić information content (AvgIpc) is 3.18. The van der Waals surface area contributed by atoms with Crippen molar-refractivity contribution in [3.63, 3.8) is 0 Å². The molecule has 37 heavy (non-hydrogen) atoms. The summed E-state index contributed by atoms with van der Waals surface area (Å²) >= 11 is 0. The van der Waals surface area contributed by atoms with Crippen LogP contribution in [0.25, 0.3) is 5.76 Å². The molecule has 2 aliphatic rings. The number of ether oxygens (including phenoxy) is 3. The number of methoxy groups -OCH3 is 1. The summed E-state index contributed by atoms with van der Waals surface area (Å²) in [6.07, 6.45) is 0. The predicted octanol–water partition coefficient (Wildman–Crippen LogP) is 4.92. The Labute approximate surface area is 214 Å². The van der Waals surface area contributed by atoms with Crippen LogP contribution in [0.5, 0.6) is 23.0 Å². The van der Waals surface area contributed by atoms with E-state index < -0.39 is 17.7 Å². The molecule has 1 saturated heterocycles. The van der Waals surface area contributed by atoms with Crippen LogP contribution in [-0.2, 0) is 9.59 Å². The van der Waals surface area contributed by atoms with Crippen LogP contribution in [0, 0.1) is 0 Å². The molecule has 190 valence electrons. The zero-order chi connectivity index (χ0) is 26.3. The second kappa shape index (κ2) is 9.54. The Bertz CT molecular complexity index is 1410. The third-order valence-corrected chi connectivity index (χ3v) is 6.62. The highest BCUT2D eigenvalue weighted by molar-refractivity contribution is 6.51. The van der Waals surface area contributed by atoms with Crippen LogP contribution in [0.2, 0.25) is 0 Å². The molecular weight excluding hydrogens is 474 g/mol. The van der Waals surface area contributed by atoms with Gasteiger partial charge in [0, 0.05) is 11.3 Å². The van der Waals surface area contributed by atoms with E-state index in [2.05, 4.69) is 13.8 Å². The van der Waals surface area contributed by atoms with Gasteiger partial charge in [-0.25, -0.2) is 0 Å². The van der Waals surface area contributed by atoms with E-state index in [1.54, 1.807) is 42.5 Å². The van der Waals surface area contributed by atoms with Crippen molar-refractivity contribution in [2.45, 2.75) is 25.8 Å². The third kappa shape index (κ3) is 4.24. The van der Waals surface area contributed by atoms with Crippen LogP contribution >= 0.6 is 0 Å². The summed E-state index contributed by atoms with van der Waals surface area (Å²) in [6, 6.07) is 15.9. The molecule has 5 rings (SSSR count). The van der Waals surface area contributed by atoms with Gasteiger partial charge in [0.1, 0.15) is 19.0 Å². The van der Waals surface area contributed by atoms with Crippen molar-refractivity contribution in [3.8, 4) is 23.0 Å². The minimum Gasteiger partial charge on any atom is -0.507 e. The summed E-state index contributed by atoms with van der Waals surface area (Å²) in [6.45, 7) is 4.91. The maximum absolute atomic E-state index is 13.4. The molecule has 0 radical (unpaired) electrons. The number of phenols is 1. The van der Waals surface area contributed by atoms with Crippen LogP contribution in [0.15, 0.2) is 66.2 Å². The van der Waals surface area contributed by atoms with Crippen molar-refractivity contribution in [3.05, 3.63) is 82.9 Å². The Hall–Kier alpha value is -4.46. The van der Waals surface area contributed by atoms with E-state index in [-0.39, 0.29) is 28.7 Å². The van der Waals surface area contributed by atoms with Crippen LogP contribution in [-0.4, -0.2) is 42.2 Å². The summed E-state index contributed by atoms with van der Waals surface area (Å²) in [7, 11) is 1.43. The Morgan fingerprint density at radius 3 is 2.32 bits per heavy atom. The molecule has 0 saturated carbocycles. The number of hydrogen-bond acceptors (Lipinski definition) is 7. The number of ketones is 1. The van der Waals surface area contributed by atoms with Crippen molar-refractivity contribution < 1.29 is 34.0 Å². The second-order valence-electron chi connectivity index (χ2n) is 9.21. The molecule has 0 aromatic heterocycles. The van der Waals surface area contributed by atoms with Crippen LogP contribution in [0.3, 0.4) is 0 Å². The van der Waals surface area contributed by atoms with E-state index in [4.69, 9.17) is 14.2 Å². The quantitative estimate of drug-likeness (QED) is 0.290. The lowest BCUT2D eigenvalue weighted by Gasteiger charge is -2.26. The number of rotatable bonds is 5. The molecule has 1 fully saturated rings. The molecule has 2 N–H and O–H groups in total. The van der Waals surface area contributed by atoms with Crippen LogP contribution < -0.4 is 19.1 Å². The zero-order valence-electron chi connectivity index (χ0n) is 20.7. The predicted molar refractivity (Wildman–Crippen MR) is 137 cm³/mol. The van der Waals surface area contributed by atoms with Gasteiger partial charge in [0.05, 0.1) is 18.7 Å². The Kier molecular flexibility index (Phi) is 6.25. The SMILES string of the molecule is COc1ccc(C2/C(=C(/O)c3ccc4c(c3)OCCO4)C(=O)C(=O)N2c2ccc(C(C)C)cc2)cc1O. The van der Waals surface area contributed by atoms with Gasteiger partial charge in [0.25, 0.3) is 11.7 Å². The summed E-state index contributed by atoms with van der Waals surface area (Å²) in [5.74, 6) is -0.616. The van der Waals surface area contributed by atoms with Crippen molar-refractivity contribution in [2.75, 3.05) is 25.2 Å². The first-order valence-corrected chi connectivity index (χ1v) is 12.0. The van der Waals surface area contributed by atoms with Gasteiger partial charge in [0.15, 0.2) is 23.0 Å². The van der Waals surface area contributed by atoms with Gasteiger partial charge in [-0.2, -0.15) is 0 Å². The molecule has 0 spiro atoms. The maximum atomic E-state index is 13.4. The largest absolute Gasteiger partial charge is 0.507 e. The van der Waals surface area contributed by atoms with Crippen molar-refractivity contribution in [2.24, 2.45) is 0 Å². The van der Waals surface area contributed by atoms with E-state index in [1.165, 1.54) is 18.1 Å². The van der Waals surface area contributed by atoms with Crippen molar-refractivity contribution in [1.29, 1.82) is 0 Å². The summed E-state index contributed by atoms with van der Waals surface area (Å²) in [4.78, 5) is 28.1. The number of Topliss-reactive ketones (excluding diaryl/α,β-unsaturated/α-hetero) is 1. The van der Waals surface area contributed by atoms with Crippen molar-refractivity contribution in [1.82, 2.24) is 0 Å². The summed E-state index contributed by atoms with van der Waals surface area (Å²) in [5, 5.41) is 21.9. The summed E-state index contributed by atoms with van der Waals surface area (Å²) < 4.78 is 16.4. The number of carbonyl (C=O) groups excluding carboxylic acids is 2. The van der Waals surface area contributed by atoms with E-state index in [0.717, 1.165) is 5.56 Å². The fourth-order valence-corrected chi connectivity index (χ4v) is 4.66. The molecule has 3 aromatic rings. The molecule has 1 atom stereocenters. The first-order valence-electron chi connectivity index (χ1n) is 12.0. The fourth-order valence-electron chi connectivity index (χ4n) is 4.66. The minimum absolute atomic E-state index is 0.0980. The monoisotopic (exact) mass is 501 g/mol. The highest BCUT2D eigenvalue weighted by Gasteiger charge is 2.47. The highest BCUT2D eigenvalue weighted by atomic mass is 16.6. The Morgan fingerprint density at radius 2 is 1.68 bits per heavy atom. The van der Waals surface area contributed by atoms with Gasteiger partial charge in [-0.15, -0.1) is 0 Å². The van der Waals surface area contributed by atoms with Gasteiger partial charge in [0.2, 0.25) is 0 Å². The summed E-state index contributed by atoms with van der Waals surface area (Å²) in [5.41, 5.74) is 2.21.